The minimum Gasteiger partial charge on any atom is -0.495 e. The van der Waals surface area contributed by atoms with Gasteiger partial charge in [-0.15, -0.1) is 0 Å². The molecular formula is C21H27ClN4O6S2. The van der Waals surface area contributed by atoms with Crippen LogP contribution in [0.5, 0.6) is 11.5 Å². The maximum absolute atomic E-state index is 13.3. The van der Waals surface area contributed by atoms with E-state index in [9.17, 15) is 16.8 Å². The van der Waals surface area contributed by atoms with Crippen LogP contribution in [0.2, 0.25) is 5.02 Å². The number of halogens is 1. The Morgan fingerprint density at radius 2 is 2.03 bits per heavy atom. The third-order valence-electron chi connectivity index (χ3n) is 5.77. The van der Waals surface area contributed by atoms with Crippen molar-refractivity contribution in [2.45, 2.75) is 24.3 Å². The number of benzene rings is 1. The molecule has 2 saturated heterocycles. The summed E-state index contributed by atoms with van der Waals surface area (Å²) in [7, 11) is -5.60. The summed E-state index contributed by atoms with van der Waals surface area (Å²) in [4.78, 5) is 4.33. The minimum atomic E-state index is -3.84. The Morgan fingerprint density at radius 1 is 1.26 bits per heavy atom. The van der Waals surface area contributed by atoms with Gasteiger partial charge in [-0.1, -0.05) is 11.6 Å². The number of aromatic nitrogens is 1. The molecule has 0 aliphatic carbocycles. The molecule has 13 heteroatoms. The Hall–Kier alpha value is -2.12. The quantitative estimate of drug-likeness (QED) is 0.489. The number of rotatable bonds is 9. The number of aryl methyl sites for hydroxylation is 1. The van der Waals surface area contributed by atoms with Crippen molar-refractivity contribution in [1.29, 1.82) is 0 Å². The molecule has 0 saturated carbocycles. The SMILES string of the molecule is COc1ccc(OCCNc2ncc(C)cc2S(=O)(=O)N2CC(N3CCCS3(=O)=O)C2)cc1Cl. The van der Waals surface area contributed by atoms with Crippen molar-refractivity contribution in [3.8, 4) is 11.5 Å². The van der Waals surface area contributed by atoms with E-state index >= 15 is 0 Å². The molecule has 1 aromatic carbocycles. The van der Waals surface area contributed by atoms with Gasteiger partial charge in [0.25, 0.3) is 0 Å². The molecule has 1 aromatic heterocycles. The molecule has 10 nitrogen and oxygen atoms in total. The summed E-state index contributed by atoms with van der Waals surface area (Å²) in [6.07, 6.45) is 2.16. The average Bonchev–Trinajstić information content (AvgIpc) is 3.09. The number of sulfonamides is 2. The third-order valence-corrected chi connectivity index (χ3v) is 9.91. The van der Waals surface area contributed by atoms with Crippen LogP contribution in [0, 0.1) is 6.92 Å². The summed E-state index contributed by atoms with van der Waals surface area (Å²) in [6, 6.07) is 6.31. The lowest BCUT2D eigenvalue weighted by Gasteiger charge is -2.42. The first-order valence-corrected chi connectivity index (χ1v) is 14.2. The first-order chi connectivity index (χ1) is 16.1. The van der Waals surface area contributed by atoms with Crippen molar-refractivity contribution < 1.29 is 26.3 Å². The van der Waals surface area contributed by atoms with Crippen molar-refractivity contribution in [1.82, 2.24) is 13.6 Å². The van der Waals surface area contributed by atoms with Gasteiger partial charge in [0.1, 0.15) is 28.8 Å². The highest BCUT2D eigenvalue weighted by Gasteiger charge is 2.45. The van der Waals surface area contributed by atoms with E-state index < -0.39 is 20.0 Å². The third kappa shape index (κ3) is 5.10. The van der Waals surface area contributed by atoms with Gasteiger partial charge in [-0.2, -0.15) is 8.61 Å². The second kappa shape index (κ2) is 9.86. The van der Waals surface area contributed by atoms with E-state index in [4.69, 9.17) is 21.1 Å². The van der Waals surface area contributed by atoms with Crippen molar-refractivity contribution in [3.05, 3.63) is 41.0 Å². The zero-order valence-corrected chi connectivity index (χ0v) is 21.3. The number of methoxy groups -OCH3 is 1. The van der Waals surface area contributed by atoms with Crippen LogP contribution in [0.15, 0.2) is 35.4 Å². The zero-order valence-electron chi connectivity index (χ0n) is 18.9. The van der Waals surface area contributed by atoms with Crippen molar-refractivity contribution in [2.24, 2.45) is 0 Å². The van der Waals surface area contributed by atoms with Gasteiger partial charge in [-0.25, -0.2) is 21.8 Å². The van der Waals surface area contributed by atoms with Crippen LogP contribution in [0.4, 0.5) is 5.82 Å². The Kier molecular flexibility index (Phi) is 7.25. The molecule has 2 aromatic rings. The Morgan fingerprint density at radius 3 is 2.68 bits per heavy atom. The Labute approximate surface area is 204 Å². The van der Waals surface area contributed by atoms with Crippen LogP contribution in [0.25, 0.3) is 0 Å². The molecule has 0 atom stereocenters. The molecule has 0 unspecified atom stereocenters. The summed E-state index contributed by atoms with van der Waals surface area (Å²) in [5.41, 5.74) is 0.701. The Bertz CT molecular complexity index is 1270. The van der Waals surface area contributed by atoms with Gasteiger partial charge in [0, 0.05) is 31.9 Å². The van der Waals surface area contributed by atoms with Crippen LogP contribution >= 0.6 is 11.6 Å². The molecular weight excluding hydrogens is 504 g/mol. The topological polar surface area (TPSA) is 118 Å². The number of pyridine rings is 1. The molecule has 186 valence electrons. The first kappa shape index (κ1) is 25.0. The van der Waals surface area contributed by atoms with Crippen molar-refractivity contribution >= 4 is 37.5 Å². The fraction of sp³-hybridized carbons (Fsp3) is 0.476. The lowest BCUT2D eigenvalue weighted by atomic mass is 10.2. The maximum atomic E-state index is 13.3. The molecule has 0 amide bonds. The summed E-state index contributed by atoms with van der Waals surface area (Å²) in [5.74, 6) is 1.44. The zero-order chi connectivity index (χ0) is 24.5. The standard InChI is InChI=1S/C21H27ClN4O6S2/c1-15-10-20(34(29,30)25-13-16(14-25)26-7-3-9-33(26,27)28)21(24-12-15)23-6-8-32-17-4-5-19(31-2)18(22)11-17/h4-5,10-12,16H,3,6-9,13-14H2,1-2H3,(H,23,24). The fourth-order valence-electron chi connectivity index (χ4n) is 3.95. The molecule has 2 aliphatic rings. The fourth-order valence-corrected chi connectivity index (χ4v) is 7.64. The normalized spacial score (nSPS) is 19.0. The van der Waals surface area contributed by atoms with Gasteiger partial charge in [0.05, 0.1) is 30.5 Å². The number of hydrogen-bond acceptors (Lipinski definition) is 8. The second-order valence-corrected chi connectivity index (χ2v) is 12.5. The molecule has 4 rings (SSSR count). The van der Waals surface area contributed by atoms with Crippen LogP contribution in [-0.2, 0) is 20.0 Å². The number of anilines is 1. The van der Waals surface area contributed by atoms with E-state index in [1.807, 2.05) is 0 Å². The molecule has 34 heavy (non-hydrogen) atoms. The van der Waals surface area contributed by atoms with Crippen LogP contribution in [-0.4, -0.2) is 82.1 Å². The number of hydrogen-bond donors (Lipinski definition) is 1. The van der Waals surface area contributed by atoms with Gasteiger partial charge in [0.2, 0.25) is 20.0 Å². The van der Waals surface area contributed by atoms with Gasteiger partial charge < -0.3 is 14.8 Å². The summed E-state index contributed by atoms with van der Waals surface area (Å²) >= 11 is 6.10. The van der Waals surface area contributed by atoms with Crippen LogP contribution < -0.4 is 14.8 Å². The predicted octanol–water partition coefficient (Wildman–Crippen LogP) is 1.95. The summed E-state index contributed by atoms with van der Waals surface area (Å²) in [6.45, 7) is 3.03. The van der Waals surface area contributed by atoms with E-state index in [2.05, 4.69) is 10.3 Å². The molecule has 3 heterocycles. The lowest BCUT2D eigenvalue weighted by Crippen LogP contribution is -2.61. The van der Waals surface area contributed by atoms with E-state index in [0.29, 0.717) is 41.6 Å². The molecule has 0 radical (unpaired) electrons. The summed E-state index contributed by atoms with van der Waals surface area (Å²) in [5, 5.41) is 3.46. The van der Waals surface area contributed by atoms with Gasteiger partial charge >= 0.3 is 0 Å². The van der Waals surface area contributed by atoms with Crippen LogP contribution in [0.1, 0.15) is 12.0 Å². The average molecular weight is 531 g/mol. The van der Waals surface area contributed by atoms with E-state index in [-0.39, 0.29) is 42.2 Å². The van der Waals surface area contributed by atoms with Crippen molar-refractivity contribution in [2.75, 3.05) is 51.0 Å². The summed E-state index contributed by atoms with van der Waals surface area (Å²) < 4.78 is 64.3. The molecule has 2 fully saturated rings. The monoisotopic (exact) mass is 530 g/mol. The second-order valence-electron chi connectivity index (χ2n) is 8.19. The van der Waals surface area contributed by atoms with Gasteiger partial charge in [-0.05, 0) is 37.1 Å². The highest BCUT2D eigenvalue weighted by molar-refractivity contribution is 7.89. The Balaban J connectivity index is 1.39. The molecule has 0 spiro atoms. The van der Waals surface area contributed by atoms with Gasteiger partial charge in [0.15, 0.2) is 0 Å². The highest BCUT2D eigenvalue weighted by Crippen LogP contribution is 2.31. The minimum absolute atomic E-state index is 0.0581. The molecule has 2 aliphatic heterocycles. The highest BCUT2D eigenvalue weighted by atomic mass is 35.5. The molecule has 1 N–H and O–H groups in total. The smallest absolute Gasteiger partial charge is 0.246 e. The van der Waals surface area contributed by atoms with Gasteiger partial charge in [-0.3, -0.25) is 0 Å². The van der Waals surface area contributed by atoms with Crippen molar-refractivity contribution in [3.63, 3.8) is 0 Å². The maximum Gasteiger partial charge on any atom is 0.246 e. The van der Waals surface area contributed by atoms with E-state index in [0.717, 1.165) is 0 Å². The van der Waals surface area contributed by atoms with Crippen LogP contribution in [0.3, 0.4) is 0 Å². The van der Waals surface area contributed by atoms with E-state index in [1.165, 1.54) is 15.7 Å². The number of ether oxygens (including phenoxy) is 2. The largest absolute Gasteiger partial charge is 0.495 e. The molecule has 0 bridgehead atoms. The number of nitrogens with zero attached hydrogens (tertiary/aromatic N) is 3. The predicted molar refractivity (Wildman–Crippen MR) is 129 cm³/mol. The first-order valence-electron chi connectivity index (χ1n) is 10.8. The van der Waals surface area contributed by atoms with E-state index in [1.54, 1.807) is 37.4 Å². The number of nitrogens with one attached hydrogen (secondary N) is 1. The lowest BCUT2D eigenvalue weighted by molar-refractivity contribution is 0.161.